The topological polar surface area (TPSA) is 119 Å². The number of carbonyl (C=O) groups excluding carboxylic acids is 1. The number of esters is 1. The van der Waals surface area contributed by atoms with Crippen LogP contribution in [0.4, 0.5) is 0 Å². The first-order valence-electron chi connectivity index (χ1n) is 17.8. The van der Waals surface area contributed by atoms with Crippen LogP contribution in [0.2, 0.25) is 0 Å². The lowest BCUT2D eigenvalue weighted by Gasteiger charge is -2.09. The molecule has 0 aliphatic rings. The van der Waals surface area contributed by atoms with Gasteiger partial charge in [-0.2, -0.15) is 0 Å². The Morgan fingerprint density at radius 1 is 0.362 bits per heavy atom. The minimum absolute atomic E-state index is 0.146. The number of unbranched alkanes of at least 4 members (excludes halogenated alkanes) is 7. The van der Waals surface area contributed by atoms with Crippen LogP contribution in [-0.4, -0.2) is 151 Å². The fourth-order valence-electron chi connectivity index (χ4n) is 3.89. The Bertz CT molecular complexity index is 591. The molecule has 0 saturated heterocycles. The van der Waals surface area contributed by atoms with Crippen molar-refractivity contribution in [1.29, 1.82) is 0 Å². The lowest BCUT2D eigenvalue weighted by atomic mass is 10.1. The molecule has 0 N–H and O–H groups in total. The first kappa shape index (κ1) is 46.4. The molecule has 0 unspecified atom stereocenters. The highest BCUT2D eigenvalue weighted by molar-refractivity contribution is 6.17. The van der Waals surface area contributed by atoms with Gasteiger partial charge in [-0.25, -0.2) is 0 Å². The molecule has 0 saturated carbocycles. The van der Waals surface area contributed by atoms with Gasteiger partial charge in [-0.1, -0.05) is 45.4 Å². The largest absolute Gasteiger partial charge is 0.463 e. The minimum atomic E-state index is -0.146. The molecular formula is C34H67ClO12. The number of carbonyl (C=O) groups is 1. The monoisotopic (exact) mass is 702 g/mol. The summed E-state index contributed by atoms with van der Waals surface area (Å²) in [6.07, 6.45) is 10.6. The Hall–Kier alpha value is -0.640. The zero-order valence-corrected chi connectivity index (χ0v) is 30.2. The van der Waals surface area contributed by atoms with E-state index < -0.39 is 0 Å². The summed E-state index contributed by atoms with van der Waals surface area (Å²) in [5, 5.41) is 0. The molecule has 0 aromatic carbocycles. The molecule has 0 spiro atoms. The van der Waals surface area contributed by atoms with Crippen LogP contribution in [0.3, 0.4) is 0 Å². The van der Waals surface area contributed by atoms with Crippen molar-refractivity contribution in [2.75, 3.05) is 145 Å². The zero-order valence-electron chi connectivity index (χ0n) is 29.4. The average molecular weight is 703 g/mol. The average Bonchev–Trinajstić information content (AvgIpc) is 3.08. The third-order valence-corrected chi connectivity index (χ3v) is 6.76. The van der Waals surface area contributed by atoms with Crippen molar-refractivity contribution in [3.8, 4) is 0 Å². The smallest absolute Gasteiger partial charge is 0.305 e. The summed E-state index contributed by atoms with van der Waals surface area (Å²) >= 11 is 5.65. The van der Waals surface area contributed by atoms with Gasteiger partial charge in [-0.05, 0) is 19.3 Å². The highest BCUT2D eigenvalue weighted by Gasteiger charge is 2.02. The molecule has 13 heteroatoms. The van der Waals surface area contributed by atoms with Crippen LogP contribution in [0, 0.1) is 0 Å². The van der Waals surface area contributed by atoms with E-state index in [1.165, 1.54) is 32.1 Å². The van der Waals surface area contributed by atoms with Crippen molar-refractivity contribution in [3.05, 3.63) is 0 Å². The molecular weight excluding hydrogens is 636 g/mol. The van der Waals surface area contributed by atoms with Crippen molar-refractivity contribution < 1.29 is 56.9 Å². The van der Waals surface area contributed by atoms with Crippen LogP contribution in [0.5, 0.6) is 0 Å². The summed E-state index contributed by atoms with van der Waals surface area (Å²) in [7, 11) is 0. The van der Waals surface area contributed by atoms with Gasteiger partial charge in [0.05, 0.1) is 126 Å². The van der Waals surface area contributed by atoms with Crippen molar-refractivity contribution in [1.82, 2.24) is 0 Å². The van der Waals surface area contributed by atoms with Gasteiger partial charge in [0, 0.05) is 18.9 Å². The molecule has 0 heterocycles. The summed E-state index contributed by atoms with van der Waals surface area (Å²) in [4.78, 5) is 11.6. The van der Waals surface area contributed by atoms with Crippen LogP contribution in [0.15, 0.2) is 0 Å². The number of hydrogen-bond donors (Lipinski definition) is 0. The maximum absolute atomic E-state index is 11.6. The predicted molar refractivity (Wildman–Crippen MR) is 182 cm³/mol. The third-order valence-electron chi connectivity index (χ3n) is 6.50. The van der Waals surface area contributed by atoms with Gasteiger partial charge in [-0.15, -0.1) is 11.6 Å². The van der Waals surface area contributed by atoms with Crippen LogP contribution in [0.1, 0.15) is 71.1 Å². The predicted octanol–water partition coefficient (Wildman–Crippen LogP) is 4.86. The van der Waals surface area contributed by atoms with E-state index in [1.54, 1.807) is 0 Å². The normalized spacial score (nSPS) is 11.4. The number of ether oxygens (including phenoxy) is 11. The second kappa shape index (κ2) is 43.4. The van der Waals surface area contributed by atoms with Gasteiger partial charge in [-0.3, -0.25) is 4.79 Å². The molecule has 0 amide bonds. The highest BCUT2D eigenvalue weighted by atomic mass is 35.5. The van der Waals surface area contributed by atoms with Crippen molar-refractivity contribution in [2.24, 2.45) is 0 Å². The van der Waals surface area contributed by atoms with Crippen molar-refractivity contribution in [2.45, 2.75) is 71.1 Å². The fourth-order valence-corrected chi connectivity index (χ4v) is 4.08. The Morgan fingerprint density at radius 3 is 1.02 bits per heavy atom. The summed E-state index contributed by atoms with van der Waals surface area (Å²) < 4.78 is 59.9. The lowest BCUT2D eigenvalue weighted by molar-refractivity contribution is -0.145. The summed E-state index contributed by atoms with van der Waals surface area (Å²) in [6.45, 7) is 12.9. The summed E-state index contributed by atoms with van der Waals surface area (Å²) in [5.41, 5.74) is 0. The van der Waals surface area contributed by atoms with Crippen LogP contribution in [-0.2, 0) is 56.9 Å². The van der Waals surface area contributed by atoms with Gasteiger partial charge in [0.15, 0.2) is 0 Å². The molecule has 282 valence electrons. The SMILES string of the molecule is CCCCCCCC(=O)OCCOCCOCCOCCOCCOCCOCCOCCOCCOCCOCCCCCCCl. The Morgan fingerprint density at radius 2 is 0.660 bits per heavy atom. The van der Waals surface area contributed by atoms with Crippen molar-refractivity contribution >= 4 is 17.6 Å². The van der Waals surface area contributed by atoms with E-state index in [0.29, 0.717) is 132 Å². The molecule has 0 aromatic rings. The van der Waals surface area contributed by atoms with E-state index in [1.807, 2.05) is 0 Å². The first-order chi connectivity index (χ1) is 23.3. The van der Waals surface area contributed by atoms with E-state index in [2.05, 4.69) is 6.92 Å². The molecule has 0 radical (unpaired) electrons. The van der Waals surface area contributed by atoms with Crippen LogP contribution in [0.25, 0.3) is 0 Å². The van der Waals surface area contributed by atoms with Gasteiger partial charge in [0.1, 0.15) is 6.61 Å². The number of halogens is 1. The van der Waals surface area contributed by atoms with Crippen LogP contribution >= 0.6 is 11.6 Å². The minimum Gasteiger partial charge on any atom is -0.463 e. The maximum atomic E-state index is 11.6. The Balaban J connectivity index is 3.08. The van der Waals surface area contributed by atoms with E-state index >= 15 is 0 Å². The molecule has 0 bridgehead atoms. The molecule has 0 atom stereocenters. The second-order valence-electron chi connectivity index (χ2n) is 10.6. The Labute approximate surface area is 289 Å². The summed E-state index contributed by atoms with van der Waals surface area (Å²) in [5.74, 6) is 0.596. The van der Waals surface area contributed by atoms with Gasteiger partial charge in [0.25, 0.3) is 0 Å². The van der Waals surface area contributed by atoms with E-state index in [4.69, 9.17) is 63.7 Å². The molecule has 0 rings (SSSR count). The molecule has 0 aliphatic heterocycles. The summed E-state index contributed by atoms with van der Waals surface area (Å²) in [6, 6.07) is 0. The Kier molecular flexibility index (Phi) is 42.8. The number of rotatable bonds is 42. The molecule has 47 heavy (non-hydrogen) atoms. The van der Waals surface area contributed by atoms with Gasteiger partial charge in [0.2, 0.25) is 0 Å². The standard InChI is InChI=1S/C34H67ClO12/c1-2-3-4-5-8-11-34(36)47-33-32-46-31-30-45-29-28-44-27-26-43-25-24-42-23-22-41-21-20-40-19-18-39-17-16-38-15-14-37-13-10-7-6-9-12-35/h2-33H2,1H3. The number of hydrogen-bond acceptors (Lipinski definition) is 12. The van der Waals surface area contributed by atoms with Gasteiger partial charge < -0.3 is 52.1 Å². The quantitative estimate of drug-likeness (QED) is 0.0491. The lowest BCUT2D eigenvalue weighted by Crippen LogP contribution is -2.15. The molecule has 0 aliphatic carbocycles. The first-order valence-corrected chi connectivity index (χ1v) is 18.3. The third kappa shape index (κ3) is 43.3. The zero-order chi connectivity index (χ0) is 34.0. The van der Waals surface area contributed by atoms with E-state index in [9.17, 15) is 4.79 Å². The maximum Gasteiger partial charge on any atom is 0.305 e. The molecule has 0 aromatic heterocycles. The van der Waals surface area contributed by atoms with Crippen molar-refractivity contribution in [3.63, 3.8) is 0 Å². The van der Waals surface area contributed by atoms with Crippen LogP contribution < -0.4 is 0 Å². The number of alkyl halides is 1. The van der Waals surface area contributed by atoms with E-state index in [-0.39, 0.29) is 12.6 Å². The van der Waals surface area contributed by atoms with Gasteiger partial charge >= 0.3 is 5.97 Å². The highest BCUT2D eigenvalue weighted by Crippen LogP contribution is 2.05. The molecule has 12 nitrogen and oxygen atoms in total. The molecule has 0 fully saturated rings. The fraction of sp³-hybridized carbons (Fsp3) is 0.971. The second-order valence-corrected chi connectivity index (χ2v) is 11.0. The van der Waals surface area contributed by atoms with E-state index in [0.717, 1.165) is 38.2 Å².